The van der Waals surface area contributed by atoms with Crippen LogP contribution < -0.4 is 4.57 Å². The van der Waals surface area contributed by atoms with Gasteiger partial charge in [0.15, 0.2) is 6.20 Å². The summed E-state index contributed by atoms with van der Waals surface area (Å²) in [7, 11) is 2.13. The molecule has 0 fully saturated rings. The number of para-hydroxylation sites is 1. The van der Waals surface area contributed by atoms with Crippen LogP contribution in [0.3, 0.4) is 0 Å². The van der Waals surface area contributed by atoms with E-state index < -0.39 is 0 Å². The number of benzene rings is 5. The normalized spacial score (nSPS) is 16.5. The van der Waals surface area contributed by atoms with E-state index in [1.165, 1.54) is 77.7 Å². The fourth-order valence-electron chi connectivity index (χ4n) is 7.76. The monoisotopic (exact) mass is 525 g/mol. The molecule has 194 valence electrons. The second-order valence-electron chi connectivity index (χ2n) is 11.7. The van der Waals surface area contributed by atoms with Crippen LogP contribution in [0.5, 0.6) is 0 Å². The Balaban J connectivity index is 1.41. The molecule has 0 saturated carbocycles. The maximum atomic E-state index is 2.53. The number of hydrogen-bond donors (Lipinski definition) is 0. The lowest BCUT2D eigenvalue weighted by atomic mass is 9.61. The quantitative estimate of drug-likeness (QED) is 0.200. The second-order valence-corrected chi connectivity index (χ2v) is 11.7. The Morgan fingerprint density at radius 1 is 0.537 bits per heavy atom. The summed E-state index contributed by atoms with van der Waals surface area (Å²) in [5, 5.41) is 2.63. The molecule has 0 spiro atoms. The largest absolute Gasteiger partial charge is 0.309 e. The third kappa shape index (κ3) is 3.05. The Hall–Kier alpha value is -4.95. The van der Waals surface area contributed by atoms with Gasteiger partial charge in [0.1, 0.15) is 7.05 Å². The number of rotatable bonds is 2. The molecule has 3 aliphatic carbocycles. The van der Waals surface area contributed by atoms with Gasteiger partial charge in [0.05, 0.1) is 11.0 Å². The van der Waals surface area contributed by atoms with Crippen molar-refractivity contribution in [3.05, 3.63) is 166 Å². The molecule has 2 heterocycles. The van der Waals surface area contributed by atoms with Gasteiger partial charge in [-0.3, -0.25) is 0 Å². The standard InChI is InChI=1S/C39H29N2/c1-24-20-36-31(21-30(24)35-18-10-11-19-40(35)2)32-22-33-34(23-37(32)41(36)25-12-4-3-5-13-25)39-28-16-8-6-14-26(28)38(33)27-15-7-9-17-29(27)39/h3-23,38-39H,1-2H3/q+1. The topological polar surface area (TPSA) is 8.81 Å². The molecule has 7 aromatic rings. The summed E-state index contributed by atoms with van der Waals surface area (Å²) in [6.45, 7) is 2.24. The Morgan fingerprint density at radius 2 is 1.07 bits per heavy atom. The first kappa shape index (κ1) is 22.8. The fourth-order valence-corrected chi connectivity index (χ4v) is 7.76. The van der Waals surface area contributed by atoms with E-state index in [0.717, 1.165) is 0 Å². The zero-order valence-electron chi connectivity index (χ0n) is 23.2. The number of aromatic nitrogens is 2. The molecular weight excluding hydrogens is 496 g/mol. The van der Waals surface area contributed by atoms with Crippen molar-refractivity contribution in [1.82, 2.24) is 4.57 Å². The summed E-state index contributed by atoms with van der Waals surface area (Å²) in [6.07, 6.45) is 2.13. The molecule has 0 N–H and O–H groups in total. The number of pyridine rings is 1. The van der Waals surface area contributed by atoms with Gasteiger partial charge in [-0.15, -0.1) is 0 Å². The molecule has 2 heteroatoms. The molecule has 2 aromatic heterocycles. The molecule has 0 unspecified atom stereocenters. The van der Waals surface area contributed by atoms with E-state index in [2.05, 4.69) is 151 Å². The van der Waals surface area contributed by atoms with Crippen LogP contribution in [0.1, 0.15) is 50.8 Å². The number of aryl methyl sites for hydroxylation is 2. The summed E-state index contributed by atoms with van der Waals surface area (Å²) in [6, 6.07) is 45.4. The molecule has 0 aliphatic heterocycles. The Kier molecular flexibility index (Phi) is 4.61. The first-order valence-electron chi connectivity index (χ1n) is 14.5. The molecule has 0 atom stereocenters. The SMILES string of the molecule is Cc1cc2c(cc1-c1cccc[n+]1C)c1cc3c(cc1n2-c1ccccc1)C1c2ccccc2C3c2ccccc21. The van der Waals surface area contributed by atoms with E-state index in [4.69, 9.17) is 0 Å². The summed E-state index contributed by atoms with van der Waals surface area (Å²) in [5.41, 5.74) is 16.3. The second kappa shape index (κ2) is 8.28. The lowest BCUT2D eigenvalue weighted by Gasteiger charge is -2.42. The van der Waals surface area contributed by atoms with Gasteiger partial charge in [-0.25, -0.2) is 4.57 Å². The number of hydrogen-bond acceptors (Lipinski definition) is 0. The van der Waals surface area contributed by atoms with Crippen LogP contribution >= 0.6 is 0 Å². The Morgan fingerprint density at radius 3 is 1.71 bits per heavy atom. The lowest BCUT2D eigenvalue weighted by molar-refractivity contribution is -0.660. The van der Waals surface area contributed by atoms with Crippen molar-refractivity contribution in [1.29, 1.82) is 0 Å². The third-order valence-corrected chi connectivity index (χ3v) is 9.52. The smallest absolute Gasteiger partial charge is 0.212 e. The van der Waals surface area contributed by atoms with E-state index in [0.29, 0.717) is 0 Å². The summed E-state index contributed by atoms with van der Waals surface area (Å²) in [5.74, 6) is 0.522. The molecule has 2 bridgehead atoms. The van der Waals surface area contributed by atoms with Crippen LogP contribution in [0, 0.1) is 6.92 Å². The first-order valence-corrected chi connectivity index (χ1v) is 14.5. The van der Waals surface area contributed by atoms with E-state index in [1.54, 1.807) is 0 Å². The number of nitrogens with zero attached hydrogens (tertiary/aromatic N) is 2. The van der Waals surface area contributed by atoms with Crippen LogP contribution in [0.4, 0.5) is 0 Å². The van der Waals surface area contributed by atoms with Crippen molar-refractivity contribution in [2.75, 3.05) is 0 Å². The molecule has 3 aliphatic rings. The van der Waals surface area contributed by atoms with Crippen LogP contribution in [-0.4, -0.2) is 4.57 Å². The van der Waals surface area contributed by atoms with Crippen LogP contribution in [0.2, 0.25) is 0 Å². The average molecular weight is 526 g/mol. The van der Waals surface area contributed by atoms with Gasteiger partial charge in [0.2, 0.25) is 5.69 Å². The van der Waals surface area contributed by atoms with Gasteiger partial charge in [-0.2, -0.15) is 0 Å². The van der Waals surface area contributed by atoms with Crippen molar-refractivity contribution >= 4 is 21.8 Å². The maximum absolute atomic E-state index is 2.53. The van der Waals surface area contributed by atoms with Gasteiger partial charge in [0.25, 0.3) is 0 Å². The highest BCUT2D eigenvalue weighted by molar-refractivity contribution is 6.11. The predicted molar refractivity (Wildman–Crippen MR) is 167 cm³/mol. The lowest BCUT2D eigenvalue weighted by Crippen LogP contribution is -2.30. The first-order chi connectivity index (χ1) is 20.2. The van der Waals surface area contributed by atoms with Gasteiger partial charge in [-0.05, 0) is 88.3 Å². The molecule has 41 heavy (non-hydrogen) atoms. The highest BCUT2D eigenvalue weighted by Gasteiger charge is 2.41. The van der Waals surface area contributed by atoms with E-state index in [-0.39, 0.29) is 11.8 Å². The summed E-state index contributed by atoms with van der Waals surface area (Å²) < 4.78 is 4.70. The van der Waals surface area contributed by atoms with Gasteiger partial charge in [0, 0.05) is 46.0 Å². The molecule has 0 saturated heterocycles. The fraction of sp³-hybridized carbons (Fsp3) is 0.103. The zero-order valence-corrected chi connectivity index (χ0v) is 23.2. The van der Waals surface area contributed by atoms with Crippen molar-refractivity contribution in [3.8, 4) is 16.9 Å². The van der Waals surface area contributed by atoms with Crippen molar-refractivity contribution in [2.45, 2.75) is 18.8 Å². The minimum atomic E-state index is 0.259. The van der Waals surface area contributed by atoms with Crippen LogP contribution in [0.15, 0.2) is 128 Å². The average Bonchev–Trinajstić information content (AvgIpc) is 3.32. The van der Waals surface area contributed by atoms with Gasteiger partial charge < -0.3 is 4.57 Å². The maximum Gasteiger partial charge on any atom is 0.212 e. The van der Waals surface area contributed by atoms with Crippen LogP contribution in [0.25, 0.3) is 38.8 Å². The molecule has 0 radical (unpaired) electrons. The van der Waals surface area contributed by atoms with E-state index >= 15 is 0 Å². The van der Waals surface area contributed by atoms with Crippen molar-refractivity contribution in [2.24, 2.45) is 7.05 Å². The minimum Gasteiger partial charge on any atom is -0.309 e. The van der Waals surface area contributed by atoms with E-state index in [1.807, 2.05) is 0 Å². The van der Waals surface area contributed by atoms with Crippen molar-refractivity contribution in [3.63, 3.8) is 0 Å². The molecule has 2 nitrogen and oxygen atoms in total. The molecule has 10 rings (SSSR count). The Labute approximate surface area is 239 Å². The molecular formula is C39H29N2+. The van der Waals surface area contributed by atoms with Gasteiger partial charge in [-0.1, -0.05) is 66.7 Å². The molecule has 5 aromatic carbocycles. The van der Waals surface area contributed by atoms with E-state index in [9.17, 15) is 0 Å². The number of fused-ring (bicyclic) bond motifs is 3. The van der Waals surface area contributed by atoms with Gasteiger partial charge >= 0.3 is 0 Å². The van der Waals surface area contributed by atoms with Crippen LogP contribution in [-0.2, 0) is 7.05 Å². The minimum absolute atomic E-state index is 0.259. The summed E-state index contributed by atoms with van der Waals surface area (Å²) >= 11 is 0. The zero-order chi connectivity index (χ0) is 27.2. The third-order valence-electron chi connectivity index (χ3n) is 9.52. The molecule has 0 amide bonds. The highest BCUT2D eigenvalue weighted by atomic mass is 15.0. The summed E-state index contributed by atoms with van der Waals surface area (Å²) in [4.78, 5) is 0. The van der Waals surface area contributed by atoms with Crippen molar-refractivity contribution < 1.29 is 4.57 Å². The Bertz CT molecular complexity index is 2140. The predicted octanol–water partition coefficient (Wildman–Crippen LogP) is 8.57. The highest BCUT2D eigenvalue weighted by Crippen LogP contribution is 2.56.